The predicted octanol–water partition coefficient (Wildman–Crippen LogP) is 3.56. The van der Waals surface area contributed by atoms with E-state index in [9.17, 15) is 0 Å². The fourth-order valence-electron chi connectivity index (χ4n) is 3.66. The van der Waals surface area contributed by atoms with Crippen LogP contribution < -0.4 is 4.90 Å². The standard InChI is InChI=1S/C17H20ClN3/c18-17-15-6-2-1-5-13(15)11-16(19-17)21-10-7-14(12-21)20-8-3-4-9-20/h1-2,5-6,11,14H,3-4,7-10,12H2. The zero-order valence-electron chi connectivity index (χ0n) is 12.1. The van der Waals surface area contributed by atoms with Gasteiger partial charge in [0.2, 0.25) is 0 Å². The van der Waals surface area contributed by atoms with Gasteiger partial charge >= 0.3 is 0 Å². The first-order chi connectivity index (χ1) is 10.3. The summed E-state index contributed by atoms with van der Waals surface area (Å²) in [5.74, 6) is 1.03. The first kappa shape index (κ1) is 13.4. The Morgan fingerprint density at radius 2 is 1.90 bits per heavy atom. The summed E-state index contributed by atoms with van der Waals surface area (Å²) in [6.45, 7) is 4.71. The maximum Gasteiger partial charge on any atom is 0.139 e. The third-order valence-corrected chi connectivity index (χ3v) is 5.11. The van der Waals surface area contributed by atoms with Crippen LogP contribution in [0.2, 0.25) is 5.15 Å². The van der Waals surface area contributed by atoms with E-state index < -0.39 is 0 Å². The van der Waals surface area contributed by atoms with Crippen molar-refractivity contribution in [2.24, 2.45) is 0 Å². The minimum absolute atomic E-state index is 0.618. The van der Waals surface area contributed by atoms with Crippen molar-refractivity contribution in [2.75, 3.05) is 31.1 Å². The average Bonchev–Trinajstić information content (AvgIpc) is 3.18. The molecule has 2 aliphatic rings. The van der Waals surface area contributed by atoms with E-state index in [1.165, 1.54) is 37.7 Å². The van der Waals surface area contributed by atoms with Gasteiger partial charge in [0.15, 0.2) is 0 Å². The van der Waals surface area contributed by atoms with Crippen molar-refractivity contribution in [3.8, 4) is 0 Å². The highest BCUT2D eigenvalue weighted by Crippen LogP contribution is 2.29. The lowest BCUT2D eigenvalue weighted by Gasteiger charge is -2.24. The van der Waals surface area contributed by atoms with E-state index in [-0.39, 0.29) is 0 Å². The molecule has 1 unspecified atom stereocenters. The smallest absolute Gasteiger partial charge is 0.139 e. The van der Waals surface area contributed by atoms with Crippen molar-refractivity contribution in [1.82, 2.24) is 9.88 Å². The summed E-state index contributed by atoms with van der Waals surface area (Å²) in [6.07, 6.45) is 3.96. The summed E-state index contributed by atoms with van der Waals surface area (Å²) in [4.78, 5) is 9.65. The Morgan fingerprint density at radius 1 is 1.10 bits per heavy atom. The number of pyridine rings is 1. The first-order valence-corrected chi connectivity index (χ1v) is 8.23. The molecule has 2 aliphatic heterocycles. The molecule has 3 heterocycles. The van der Waals surface area contributed by atoms with E-state index in [4.69, 9.17) is 11.6 Å². The number of hydrogen-bond acceptors (Lipinski definition) is 3. The van der Waals surface area contributed by atoms with Crippen molar-refractivity contribution in [3.63, 3.8) is 0 Å². The molecule has 2 fully saturated rings. The van der Waals surface area contributed by atoms with Crippen molar-refractivity contribution in [3.05, 3.63) is 35.5 Å². The van der Waals surface area contributed by atoms with E-state index in [0.29, 0.717) is 11.2 Å². The van der Waals surface area contributed by atoms with Crippen LogP contribution in [0.5, 0.6) is 0 Å². The van der Waals surface area contributed by atoms with Crippen LogP contribution in [0.1, 0.15) is 19.3 Å². The number of fused-ring (bicyclic) bond motifs is 1. The monoisotopic (exact) mass is 301 g/mol. The maximum absolute atomic E-state index is 6.36. The second-order valence-electron chi connectivity index (χ2n) is 6.12. The molecule has 3 nitrogen and oxygen atoms in total. The molecule has 0 N–H and O–H groups in total. The van der Waals surface area contributed by atoms with Gasteiger partial charge in [-0.1, -0.05) is 35.9 Å². The zero-order valence-corrected chi connectivity index (χ0v) is 12.9. The minimum atomic E-state index is 0.618. The largest absolute Gasteiger partial charge is 0.355 e. The molecule has 0 saturated carbocycles. The molecule has 110 valence electrons. The molecule has 0 spiro atoms. The number of halogens is 1. The van der Waals surface area contributed by atoms with Crippen LogP contribution in [0.15, 0.2) is 30.3 Å². The van der Waals surface area contributed by atoms with Crippen LogP contribution in [0, 0.1) is 0 Å². The van der Waals surface area contributed by atoms with Crippen molar-refractivity contribution >= 4 is 28.2 Å². The number of hydrogen-bond donors (Lipinski definition) is 0. The van der Waals surface area contributed by atoms with Gasteiger partial charge in [-0.3, -0.25) is 4.90 Å². The Balaban J connectivity index is 1.59. The number of likely N-dealkylation sites (tertiary alicyclic amines) is 1. The molecule has 1 atom stereocenters. The molecular weight excluding hydrogens is 282 g/mol. The van der Waals surface area contributed by atoms with Crippen LogP contribution in [0.3, 0.4) is 0 Å². The second-order valence-corrected chi connectivity index (χ2v) is 6.48. The molecule has 1 aromatic carbocycles. The number of nitrogens with zero attached hydrogens (tertiary/aromatic N) is 3. The van der Waals surface area contributed by atoms with Gasteiger partial charge in [-0.25, -0.2) is 4.98 Å². The third-order valence-electron chi connectivity index (χ3n) is 4.82. The van der Waals surface area contributed by atoms with Crippen LogP contribution >= 0.6 is 11.6 Å². The second kappa shape index (κ2) is 5.47. The normalized spacial score (nSPS) is 23.3. The molecule has 2 saturated heterocycles. The highest BCUT2D eigenvalue weighted by molar-refractivity contribution is 6.34. The molecule has 0 aliphatic carbocycles. The molecule has 2 aromatic rings. The molecular formula is C17H20ClN3. The Morgan fingerprint density at radius 3 is 2.76 bits per heavy atom. The molecule has 0 radical (unpaired) electrons. The van der Waals surface area contributed by atoms with Gasteiger partial charge in [0, 0.05) is 24.5 Å². The summed E-state index contributed by atoms with van der Waals surface area (Å²) in [5.41, 5.74) is 0. The Hall–Kier alpha value is -1.32. The zero-order chi connectivity index (χ0) is 14.2. The number of benzene rings is 1. The van der Waals surface area contributed by atoms with Crippen molar-refractivity contribution in [1.29, 1.82) is 0 Å². The summed E-state index contributed by atoms with van der Waals surface area (Å²) in [5, 5.41) is 2.84. The topological polar surface area (TPSA) is 19.4 Å². The first-order valence-electron chi connectivity index (χ1n) is 7.85. The SMILES string of the molecule is Clc1nc(N2CCC(N3CCCC3)C2)cc2ccccc12. The lowest BCUT2D eigenvalue weighted by atomic mass is 10.2. The molecule has 1 aromatic heterocycles. The van der Waals surface area contributed by atoms with E-state index >= 15 is 0 Å². The Labute approximate surface area is 130 Å². The highest BCUT2D eigenvalue weighted by Gasteiger charge is 2.30. The van der Waals surface area contributed by atoms with Crippen molar-refractivity contribution < 1.29 is 0 Å². The molecule has 4 rings (SSSR count). The number of rotatable bonds is 2. The molecule has 0 amide bonds. The van der Waals surface area contributed by atoms with Gasteiger partial charge in [-0.05, 0) is 43.8 Å². The van der Waals surface area contributed by atoms with Gasteiger partial charge in [0.1, 0.15) is 11.0 Å². The lowest BCUT2D eigenvalue weighted by Crippen LogP contribution is -2.35. The minimum Gasteiger partial charge on any atom is -0.355 e. The Bertz CT molecular complexity index is 652. The molecule has 4 heteroatoms. The predicted molar refractivity (Wildman–Crippen MR) is 88.2 cm³/mol. The summed E-state index contributed by atoms with van der Waals surface area (Å²) in [7, 11) is 0. The quantitative estimate of drug-likeness (QED) is 0.791. The van der Waals surface area contributed by atoms with Gasteiger partial charge < -0.3 is 4.90 Å². The fraction of sp³-hybridized carbons (Fsp3) is 0.471. The van der Waals surface area contributed by atoms with E-state index in [0.717, 1.165) is 24.3 Å². The summed E-state index contributed by atoms with van der Waals surface area (Å²) in [6, 6.07) is 11.1. The Kier molecular flexibility index (Phi) is 3.48. The van der Waals surface area contributed by atoms with E-state index in [1.54, 1.807) is 0 Å². The van der Waals surface area contributed by atoms with Crippen LogP contribution in [-0.2, 0) is 0 Å². The summed E-state index contributed by atoms with van der Waals surface area (Å²) < 4.78 is 0. The van der Waals surface area contributed by atoms with Gasteiger partial charge in [-0.15, -0.1) is 0 Å². The van der Waals surface area contributed by atoms with Gasteiger partial charge in [0.05, 0.1) is 0 Å². The van der Waals surface area contributed by atoms with Gasteiger partial charge in [0.25, 0.3) is 0 Å². The van der Waals surface area contributed by atoms with E-state index in [1.807, 2.05) is 12.1 Å². The van der Waals surface area contributed by atoms with Crippen molar-refractivity contribution in [2.45, 2.75) is 25.3 Å². The lowest BCUT2D eigenvalue weighted by molar-refractivity contribution is 0.260. The third kappa shape index (κ3) is 2.49. The summed E-state index contributed by atoms with van der Waals surface area (Å²) >= 11 is 6.36. The molecule has 0 bridgehead atoms. The average molecular weight is 302 g/mol. The van der Waals surface area contributed by atoms with Crippen LogP contribution in [-0.4, -0.2) is 42.1 Å². The number of anilines is 1. The van der Waals surface area contributed by atoms with E-state index in [2.05, 4.69) is 33.0 Å². The number of aromatic nitrogens is 1. The van der Waals surface area contributed by atoms with Gasteiger partial charge in [-0.2, -0.15) is 0 Å². The van der Waals surface area contributed by atoms with Crippen LogP contribution in [0.25, 0.3) is 10.8 Å². The molecule has 21 heavy (non-hydrogen) atoms. The van der Waals surface area contributed by atoms with Crippen LogP contribution in [0.4, 0.5) is 5.82 Å². The maximum atomic E-state index is 6.36. The fourth-order valence-corrected chi connectivity index (χ4v) is 3.92. The highest BCUT2D eigenvalue weighted by atomic mass is 35.5.